The van der Waals surface area contributed by atoms with E-state index in [0.717, 1.165) is 12.0 Å². The van der Waals surface area contributed by atoms with E-state index in [0.29, 0.717) is 43.3 Å². The molecule has 4 saturated heterocycles. The van der Waals surface area contributed by atoms with Gasteiger partial charge in [0, 0.05) is 58.5 Å². The largest absolute Gasteiger partial charge is 0.462 e. The second-order valence-electron chi connectivity index (χ2n) is 19.2. The van der Waals surface area contributed by atoms with E-state index >= 15 is 0 Å². The molecule has 7 rings (SSSR count). The highest BCUT2D eigenvalue weighted by atomic mass is 16.7. The van der Waals surface area contributed by atoms with Gasteiger partial charge < -0.3 is 62.4 Å². The highest BCUT2D eigenvalue weighted by molar-refractivity contribution is 5.78. The van der Waals surface area contributed by atoms with Crippen molar-refractivity contribution in [3.8, 4) is 0 Å². The van der Waals surface area contributed by atoms with E-state index in [1.165, 1.54) is 0 Å². The standard InChI is InChI=1S/C49H73NO14/c1-12-26(2)43-29(5)18-19-48(63-43)24-35-21-34(62-48)17-16-28(4)42(27(3)14-13-15-33-25-56-46-41(51)30(6)20-36(47(52)59-35)49(33,46)53)60-39-22-37(54-10)44(31(7)57-39)61-40-23-38(55-11)45(64-50-9)32(8)58-40/h13-16,18-20,26-27,29,31-32,34-46,51,53H,9,12,17,21-25H2,1-8,10-11H3/t26?,27-,29-,31-,32-,34+,35-,36-,37-,38-,39-,40-,41+,42-,43+,44-,45-,46+,48+,49+/m0/s1. The summed E-state index contributed by atoms with van der Waals surface area (Å²) in [6.07, 6.45) is 9.20. The van der Waals surface area contributed by atoms with Crippen molar-refractivity contribution in [1.29, 1.82) is 0 Å². The van der Waals surface area contributed by atoms with Crippen LogP contribution in [-0.2, 0) is 57.0 Å². The van der Waals surface area contributed by atoms with Gasteiger partial charge in [-0.05, 0) is 62.8 Å². The molecule has 2 N–H and O–H groups in total. The minimum absolute atomic E-state index is 0.0315. The van der Waals surface area contributed by atoms with Crippen LogP contribution in [0, 0.1) is 23.7 Å². The number of methoxy groups -OCH3 is 2. The molecule has 0 aromatic carbocycles. The third kappa shape index (κ3) is 10.1. The zero-order valence-electron chi connectivity index (χ0n) is 39.3. The number of oxime groups is 1. The van der Waals surface area contributed by atoms with Crippen LogP contribution in [0.25, 0.3) is 0 Å². The van der Waals surface area contributed by atoms with Gasteiger partial charge in [-0.2, -0.15) is 0 Å². The Kier molecular flexibility index (Phi) is 15.8. The van der Waals surface area contributed by atoms with Crippen molar-refractivity contribution in [3.05, 3.63) is 59.3 Å². The topological polar surface area (TPSA) is 171 Å². The lowest BCUT2D eigenvalue weighted by molar-refractivity contribution is -0.320. The van der Waals surface area contributed by atoms with Crippen molar-refractivity contribution in [2.45, 2.75) is 191 Å². The van der Waals surface area contributed by atoms with E-state index < -0.39 is 78.6 Å². The Balaban J connectivity index is 1.17. The van der Waals surface area contributed by atoms with Crippen LogP contribution < -0.4 is 0 Å². The normalized spacial score (nSPS) is 45.7. The van der Waals surface area contributed by atoms with Crippen molar-refractivity contribution in [1.82, 2.24) is 0 Å². The summed E-state index contributed by atoms with van der Waals surface area (Å²) in [5, 5.41) is 27.4. The lowest BCUT2D eigenvalue weighted by Gasteiger charge is -2.48. The highest BCUT2D eigenvalue weighted by Gasteiger charge is 2.60. The van der Waals surface area contributed by atoms with E-state index in [2.05, 4.69) is 51.7 Å². The second kappa shape index (κ2) is 20.6. The van der Waals surface area contributed by atoms with Crippen molar-refractivity contribution < 1.29 is 67.2 Å². The third-order valence-electron chi connectivity index (χ3n) is 14.7. The summed E-state index contributed by atoms with van der Waals surface area (Å²) in [5.74, 6) is -2.57. The van der Waals surface area contributed by atoms with E-state index in [1.807, 2.05) is 39.0 Å². The fraction of sp³-hybridized carbons (Fsp3) is 0.755. The van der Waals surface area contributed by atoms with E-state index in [9.17, 15) is 15.0 Å². The maximum atomic E-state index is 14.4. The average Bonchev–Trinajstić information content (AvgIpc) is 3.61. The second-order valence-corrected chi connectivity index (χ2v) is 19.2. The summed E-state index contributed by atoms with van der Waals surface area (Å²) >= 11 is 0. The van der Waals surface area contributed by atoms with Gasteiger partial charge in [-0.3, -0.25) is 4.79 Å². The molecule has 1 spiro atoms. The Morgan fingerprint density at radius 3 is 2.30 bits per heavy atom. The molecule has 15 heteroatoms. The van der Waals surface area contributed by atoms with E-state index in [-0.39, 0.29) is 54.9 Å². The number of esters is 1. The number of rotatable bonds is 10. The number of aliphatic hydroxyl groups is 2. The van der Waals surface area contributed by atoms with Gasteiger partial charge in [-0.25, -0.2) is 0 Å². The molecule has 7 aliphatic rings. The Labute approximate surface area is 379 Å². The van der Waals surface area contributed by atoms with Crippen LogP contribution >= 0.6 is 0 Å². The summed E-state index contributed by atoms with van der Waals surface area (Å²) in [4.78, 5) is 19.8. The Bertz CT molecular complexity index is 1800. The quantitative estimate of drug-likeness (QED) is 0.113. The monoisotopic (exact) mass is 900 g/mol. The first kappa shape index (κ1) is 49.1. The fourth-order valence-corrected chi connectivity index (χ4v) is 10.8. The summed E-state index contributed by atoms with van der Waals surface area (Å²) in [7, 11) is 3.28. The molecular weight excluding hydrogens is 827 g/mol. The number of ether oxygens (including phenoxy) is 10. The minimum Gasteiger partial charge on any atom is -0.462 e. The molecule has 2 bridgehead atoms. The SMILES string of the molecule is C=NO[C@H]1[C@H](C)O[C@@H](O[C@H]2[C@H](C)O[C@@H](O[C@@H]3C(C)=CC[C@@H]4C[C@@H](C[C@]5(C=C[C@H](C)[C@@H](C(C)CC)O5)O4)OC(=O)[C@@H]4C=C(C)[C@@H](O)[C@H]5OCC(=CC=C[C@@H]3C)[C@]54O)C[C@@H]2OC)C[C@@H]1OC. The maximum Gasteiger partial charge on any atom is 0.316 e. The molecule has 64 heavy (non-hydrogen) atoms. The smallest absolute Gasteiger partial charge is 0.316 e. The first-order valence-electron chi connectivity index (χ1n) is 23.3. The number of carbonyl (C=O) groups is 1. The summed E-state index contributed by atoms with van der Waals surface area (Å²) in [6, 6.07) is 0. The van der Waals surface area contributed by atoms with Crippen molar-refractivity contribution >= 4 is 12.7 Å². The summed E-state index contributed by atoms with van der Waals surface area (Å²) < 4.78 is 64.3. The molecular formula is C49H73NO14. The van der Waals surface area contributed by atoms with Crippen LogP contribution in [0.5, 0.6) is 0 Å². The molecule has 15 nitrogen and oxygen atoms in total. The summed E-state index contributed by atoms with van der Waals surface area (Å²) in [5.41, 5.74) is 0.135. The lowest BCUT2D eigenvalue weighted by atomic mass is 9.71. The molecule has 0 saturated carbocycles. The number of aliphatic hydroxyl groups excluding tert-OH is 1. The van der Waals surface area contributed by atoms with Crippen molar-refractivity contribution in [3.63, 3.8) is 0 Å². The average molecular weight is 900 g/mol. The van der Waals surface area contributed by atoms with Crippen LogP contribution in [0.3, 0.4) is 0 Å². The molecule has 6 aliphatic heterocycles. The predicted molar refractivity (Wildman–Crippen MR) is 236 cm³/mol. The number of nitrogens with zero attached hydrogens (tertiary/aromatic N) is 1. The molecule has 358 valence electrons. The minimum atomic E-state index is -1.84. The number of carbonyl (C=O) groups excluding carboxylic acids is 1. The van der Waals surface area contributed by atoms with Crippen LogP contribution in [-0.4, -0.2) is 141 Å². The van der Waals surface area contributed by atoms with E-state index in [4.69, 9.17) is 52.2 Å². The van der Waals surface area contributed by atoms with Gasteiger partial charge in [-0.1, -0.05) is 70.6 Å². The molecule has 0 radical (unpaired) electrons. The fourth-order valence-electron chi connectivity index (χ4n) is 10.8. The third-order valence-corrected chi connectivity index (χ3v) is 14.7. The van der Waals surface area contributed by atoms with Gasteiger partial charge in [0.05, 0.1) is 43.2 Å². The van der Waals surface area contributed by atoms with E-state index in [1.54, 1.807) is 33.3 Å². The Hall–Kier alpha value is -2.80. The first-order valence-corrected chi connectivity index (χ1v) is 23.3. The zero-order valence-corrected chi connectivity index (χ0v) is 39.3. The van der Waals surface area contributed by atoms with Gasteiger partial charge in [0.25, 0.3) is 0 Å². The van der Waals surface area contributed by atoms with Gasteiger partial charge in [0.1, 0.15) is 42.0 Å². The van der Waals surface area contributed by atoms with Gasteiger partial charge >= 0.3 is 5.97 Å². The first-order chi connectivity index (χ1) is 30.5. The van der Waals surface area contributed by atoms with Crippen LogP contribution in [0.15, 0.2) is 64.4 Å². The molecule has 6 heterocycles. The van der Waals surface area contributed by atoms with Gasteiger partial charge in [0.2, 0.25) is 0 Å². The van der Waals surface area contributed by atoms with Crippen LogP contribution in [0.2, 0.25) is 0 Å². The number of hydrogen-bond donors (Lipinski definition) is 2. The maximum absolute atomic E-state index is 14.4. The van der Waals surface area contributed by atoms with Crippen LogP contribution in [0.1, 0.15) is 93.9 Å². The molecule has 1 aliphatic carbocycles. The molecule has 0 aromatic heterocycles. The van der Waals surface area contributed by atoms with Gasteiger partial charge in [-0.15, -0.1) is 5.16 Å². The van der Waals surface area contributed by atoms with Crippen molar-refractivity contribution in [2.24, 2.45) is 28.8 Å². The summed E-state index contributed by atoms with van der Waals surface area (Å²) in [6.45, 7) is 19.7. The Morgan fingerprint density at radius 2 is 1.61 bits per heavy atom. The molecule has 0 amide bonds. The number of allylic oxidation sites excluding steroid dienone is 2. The number of fused-ring (bicyclic) bond motifs is 2. The number of hydrogen-bond acceptors (Lipinski definition) is 15. The lowest BCUT2D eigenvalue weighted by Crippen LogP contribution is -2.58. The predicted octanol–water partition coefficient (Wildman–Crippen LogP) is 6.02. The zero-order chi connectivity index (χ0) is 46.1. The molecule has 4 fully saturated rings. The highest BCUT2D eigenvalue weighted by Crippen LogP contribution is 2.47. The molecule has 20 atom stereocenters. The van der Waals surface area contributed by atoms with Crippen molar-refractivity contribution in [2.75, 3.05) is 20.8 Å². The molecule has 0 aromatic rings. The van der Waals surface area contributed by atoms with Gasteiger partial charge in [0.15, 0.2) is 24.5 Å². The molecule has 1 unspecified atom stereocenters. The Morgan fingerprint density at radius 1 is 0.922 bits per heavy atom. The van der Waals surface area contributed by atoms with Crippen LogP contribution in [0.4, 0.5) is 0 Å².